The maximum Gasteiger partial charge on any atom is 0.254 e. The molecule has 1 saturated heterocycles. The summed E-state index contributed by atoms with van der Waals surface area (Å²) in [6.07, 6.45) is 5.19. The van der Waals surface area contributed by atoms with Crippen LogP contribution in [0.25, 0.3) is 0 Å². The molecule has 0 N–H and O–H groups in total. The first-order chi connectivity index (χ1) is 11.6. The topological polar surface area (TPSA) is 38.8 Å². The molecule has 0 spiro atoms. The number of amides is 1. The molecule has 24 heavy (non-hydrogen) atoms. The number of halogens is 1. The quantitative estimate of drug-likeness (QED) is 0.697. The van der Waals surface area contributed by atoms with E-state index in [1.54, 1.807) is 12.1 Å². The summed E-state index contributed by atoms with van der Waals surface area (Å²) < 4.78 is 11.4. The van der Waals surface area contributed by atoms with E-state index in [-0.39, 0.29) is 5.91 Å². The first-order valence-corrected chi connectivity index (χ1v) is 9.40. The third-order valence-corrected chi connectivity index (χ3v) is 4.65. The molecule has 0 aliphatic carbocycles. The van der Waals surface area contributed by atoms with Crippen LogP contribution in [-0.2, 0) is 0 Å². The van der Waals surface area contributed by atoms with Crippen molar-refractivity contribution in [3.05, 3.63) is 22.7 Å². The molecule has 4 nitrogen and oxygen atoms in total. The minimum Gasteiger partial charge on any atom is -0.490 e. The van der Waals surface area contributed by atoms with Crippen LogP contribution in [-0.4, -0.2) is 36.6 Å². The molecule has 1 amide bonds. The van der Waals surface area contributed by atoms with Gasteiger partial charge in [0.05, 0.1) is 18.2 Å². The maximum atomic E-state index is 13.0. The summed E-state index contributed by atoms with van der Waals surface area (Å²) in [5.41, 5.74) is 0.577. The number of ether oxygens (including phenoxy) is 2. The minimum atomic E-state index is 0.0337. The third-order valence-electron chi connectivity index (χ3n) is 4.37. The van der Waals surface area contributed by atoms with Crippen molar-refractivity contribution in [3.8, 4) is 11.5 Å². The Kier molecular flexibility index (Phi) is 7.22. The maximum absolute atomic E-state index is 13.0. The lowest BCUT2D eigenvalue weighted by Crippen LogP contribution is -2.43. The SMILES string of the molecule is CCCOc1c(Cl)cc(C(=O)N2CCCCC2CC)cc1OCC. The highest BCUT2D eigenvalue weighted by atomic mass is 35.5. The van der Waals surface area contributed by atoms with E-state index >= 15 is 0 Å². The molecule has 0 aromatic heterocycles. The van der Waals surface area contributed by atoms with Crippen molar-refractivity contribution in [1.82, 2.24) is 4.90 Å². The van der Waals surface area contributed by atoms with Gasteiger partial charge in [0.1, 0.15) is 0 Å². The van der Waals surface area contributed by atoms with Crippen molar-refractivity contribution in [3.63, 3.8) is 0 Å². The Balaban J connectivity index is 2.30. The van der Waals surface area contributed by atoms with Gasteiger partial charge in [0.15, 0.2) is 11.5 Å². The van der Waals surface area contributed by atoms with Gasteiger partial charge in [-0.1, -0.05) is 25.4 Å². The standard InChI is InChI=1S/C19H28ClNO3/c1-4-11-24-18-16(20)12-14(13-17(18)23-6-3)19(22)21-10-8-7-9-15(21)5-2/h12-13,15H,4-11H2,1-3H3. The number of carbonyl (C=O) groups excluding carboxylic acids is 1. The number of carbonyl (C=O) groups is 1. The molecule has 0 saturated carbocycles. The van der Waals surface area contributed by atoms with Gasteiger partial charge in [-0.25, -0.2) is 0 Å². The van der Waals surface area contributed by atoms with E-state index in [4.69, 9.17) is 21.1 Å². The van der Waals surface area contributed by atoms with Crippen LogP contribution in [0.3, 0.4) is 0 Å². The molecule has 0 radical (unpaired) electrons. The highest BCUT2D eigenvalue weighted by Gasteiger charge is 2.27. The lowest BCUT2D eigenvalue weighted by Gasteiger charge is -2.35. The van der Waals surface area contributed by atoms with Crippen LogP contribution in [0.5, 0.6) is 11.5 Å². The summed E-state index contributed by atoms with van der Waals surface area (Å²) in [4.78, 5) is 15.0. The van der Waals surface area contributed by atoms with Gasteiger partial charge in [-0.05, 0) is 51.2 Å². The lowest BCUT2D eigenvalue weighted by molar-refractivity contribution is 0.0607. The van der Waals surface area contributed by atoms with E-state index < -0.39 is 0 Å². The average molecular weight is 354 g/mol. The van der Waals surface area contributed by atoms with Crippen LogP contribution in [0, 0.1) is 0 Å². The summed E-state index contributed by atoms with van der Waals surface area (Å²) in [6.45, 7) is 7.95. The fraction of sp³-hybridized carbons (Fsp3) is 0.632. The highest BCUT2D eigenvalue weighted by Crippen LogP contribution is 2.37. The van der Waals surface area contributed by atoms with Gasteiger partial charge in [0.25, 0.3) is 5.91 Å². The number of hydrogen-bond acceptors (Lipinski definition) is 3. The number of benzene rings is 1. The predicted octanol–water partition coefficient (Wildman–Crippen LogP) is 4.93. The van der Waals surface area contributed by atoms with Gasteiger partial charge in [-0.15, -0.1) is 0 Å². The Hall–Kier alpha value is -1.42. The van der Waals surface area contributed by atoms with E-state index in [0.717, 1.165) is 32.2 Å². The Bertz CT molecular complexity index is 562. The Labute approximate surface area is 150 Å². The molecule has 1 atom stereocenters. The second-order valence-corrected chi connectivity index (χ2v) is 6.53. The van der Waals surface area contributed by atoms with Crippen molar-refractivity contribution in [1.29, 1.82) is 0 Å². The molecule has 0 bridgehead atoms. The average Bonchev–Trinajstić information content (AvgIpc) is 2.60. The summed E-state index contributed by atoms with van der Waals surface area (Å²) in [6, 6.07) is 3.79. The normalized spacial score (nSPS) is 17.7. The summed E-state index contributed by atoms with van der Waals surface area (Å²) >= 11 is 6.38. The van der Waals surface area contributed by atoms with Gasteiger partial charge >= 0.3 is 0 Å². The van der Waals surface area contributed by atoms with E-state index in [9.17, 15) is 4.79 Å². The number of hydrogen-bond donors (Lipinski definition) is 0. The number of rotatable bonds is 7. The van der Waals surface area contributed by atoms with E-state index in [1.807, 2.05) is 18.7 Å². The van der Waals surface area contributed by atoms with Gasteiger partial charge in [0.2, 0.25) is 0 Å². The van der Waals surface area contributed by atoms with E-state index in [0.29, 0.717) is 41.3 Å². The molecule has 5 heteroatoms. The van der Waals surface area contributed by atoms with Crippen LogP contribution < -0.4 is 9.47 Å². The van der Waals surface area contributed by atoms with Crippen LogP contribution >= 0.6 is 11.6 Å². The summed E-state index contributed by atoms with van der Waals surface area (Å²) in [5, 5.41) is 0.433. The first-order valence-electron chi connectivity index (χ1n) is 9.02. The fourth-order valence-corrected chi connectivity index (χ4v) is 3.42. The highest BCUT2D eigenvalue weighted by molar-refractivity contribution is 6.32. The minimum absolute atomic E-state index is 0.0337. The molecule has 1 aliphatic heterocycles. The zero-order valence-electron chi connectivity index (χ0n) is 14.9. The van der Waals surface area contributed by atoms with Gasteiger partial charge < -0.3 is 14.4 Å². The molecular weight excluding hydrogens is 326 g/mol. The molecule has 1 aliphatic rings. The van der Waals surface area contributed by atoms with Crippen molar-refractivity contribution in [2.75, 3.05) is 19.8 Å². The fourth-order valence-electron chi connectivity index (χ4n) is 3.16. The second-order valence-electron chi connectivity index (χ2n) is 6.12. The summed E-state index contributed by atoms with van der Waals surface area (Å²) in [7, 11) is 0. The molecule has 1 aromatic rings. The molecule has 1 heterocycles. The zero-order valence-corrected chi connectivity index (χ0v) is 15.7. The van der Waals surface area contributed by atoms with Crippen molar-refractivity contribution >= 4 is 17.5 Å². The largest absolute Gasteiger partial charge is 0.490 e. The van der Waals surface area contributed by atoms with E-state index in [2.05, 4.69) is 6.92 Å². The van der Waals surface area contributed by atoms with Crippen molar-refractivity contribution < 1.29 is 14.3 Å². The van der Waals surface area contributed by atoms with E-state index in [1.165, 1.54) is 6.42 Å². The van der Waals surface area contributed by atoms with Gasteiger partial charge in [-0.3, -0.25) is 4.79 Å². The number of piperidine rings is 1. The van der Waals surface area contributed by atoms with Gasteiger partial charge in [0, 0.05) is 18.2 Å². The van der Waals surface area contributed by atoms with Crippen LogP contribution in [0.2, 0.25) is 5.02 Å². The van der Waals surface area contributed by atoms with Gasteiger partial charge in [-0.2, -0.15) is 0 Å². The summed E-state index contributed by atoms with van der Waals surface area (Å²) in [5.74, 6) is 1.11. The monoisotopic (exact) mass is 353 g/mol. The first kappa shape index (κ1) is 18.9. The number of likely N-dealkylation sites (tertiary alicyclic amines) is 1. The molecule has 2 rings (SSSR count). The molecule has 1 unspecified atom stereocenters. The molecule has 1 fully saturated rings. The second kappa shape index (κ2) is 9.16. The zero-order chi connectivity index (χ0) is 17.5. The lowest BCUT2D eigenvalue weighted by atomic mass is 9.99. The van der Waals surface area contributed by atoms with Crippen LogP contribution in [0.4, 0.5) is 0 Å². The third kappa shape index (κ3) is 4.35. The Morgan fingerprint density at radius 1 is 1.25 bits per heavy atom. The number of nitrogens with zero attached hydrogens (tertiary/aromatic N) is 1. The predicted molar refractivity (Wildman–Crippen MR) is 97.4 cm³/mol. The molecular formula is C19H28ClNO3. The smallest absolute Gasteiger partial charge is 0.254 e. The molecule has 1 aromatic carbocycles. The Morgan fingerprint density at radius 2 is 2.04 bits per heavy atom. The Morgan fingerprint density at radius 3 is 2.71 bits per heavy atom. The van der Waals surface area contributed by atoms with Crippen molar-refractivity contribution in [2.45, 2.75) is 58.9 Å². The molecule has 134 valence electrons. The van der Waals surface area contributed by atoms with Crippen LogP contribution in [0.1, 0.15) is 63.2 Å². The van der Waals surface area contributed by atoms with Crippen molar-refractivity contribution in [2.24, 2.45) is 0 Å². The van der Waals surface area contributed by atoms with Crippen LogP contribution in [0.15, 0.2) is 12.1 Å².